The molecule has 2 aliphatic heterocycles. The van der Waals surface area contributed by atoms with Crippen LogP contribution >= 0.6 is 23.8 Å². The van der Waals surface area contributed by atoms with Gasteiger partial charge in [0, 0.05) is 32.3 Å². The zero-order valence-electron chi connectivity index (χ0n) is 13.8. The van der Waals surface area contributed by atoms with Gasteiger partial charge in [0.05, 0.1) is 6.10 Å². The Labute approximate surface area is 153 Å². The highest BCUT2D eigenvalue weighted by molar-refractivity contribution is 7.80. The summed E-state index contributed by atoms with van der Waals surface area (Å²) in [7, 11) is 0. The second kappa shape index (κ2) is 8.78. The fraction of sp³-hybridized carbons (Fsp3) is 0.688. The quantitative estimate of drug-likeness (QED) is 0.624. The smallest absolute Gasteiger partial charge is 0.232 e. The largest absolute Gasteiger partial charge is 0.376 e. The van der Waals surface area contributed by atoms with E-state index in [4.69, 9.17) is 28.6 Å². The van der Waals surface area contributed by atoms with E-state index in [2.05, 4.69) is 25.5 Å². The van der Waals surface area contributed by atoms with Crippen molar-refractivity contribution in [2.45, 2.75) is 44.6 Å². The molecule has 0 saturated carbocycles. The number of ether oxygens (including phenoxy) is 1. The van der Waals surface area contributed by atoms with Gasteiger partial charge in [0.15, 0.2) is 5.11 Å². The topological polar surface area (TPSA) is 62.3 Å². The van der Waals surface area contributed by atoms with Crippen molar-refractivity contribution in [2.24, 2.45) is 0 Å². The van der Waals surface area contributed by atoms with Crippen molar-refractivity contribution < 1.29 is 4.74 Å². The first-order chi connectivity index (χ1) is 11.7. The average Bonchev–Trinajstić information content (AvgIpc) is 2.92. The summed E-state index contributed by atoms with van der Waals surface area (Å²) in [6.45, 7) is 3.55. The van der Waals surface area contributed by atoms with Crippen LogP contribution in [0.5, 0.6) is 0 Å². The molecule has 0 amide bonds. The summed E-state index contributed by atoms with van der Waals surface area (Å²) in [5, 5.41) is 7.11. The van der Waals surface area contributed by atoms with Crippen molar-refractivity contribution in [1.82, 2.24) is 15.3 Å². The Morgan fingerprint density at radius 1 is 1.25 bits per heavy atom. The van der Waals surface area contributed by atoms with E-state index in [1.807, 2.05) is 6.07 Å². The number of aromatic nitrogens is 2. The van der Waals surface area contributed by atoms with E-state index in [0.29, 0.717) is 22.8 Å². The van der Waals surface area contributed by atoms with Gasteiger partial charge in [-0.25, -0.2) is 4.98 Å². The Hall–Kier alpha value is -1.18. The molecule has 0 radical (unpaired) electrons. The van der Waals surface area contributed by atoms with Crippen molar-refractivity contribution in [3.8, 4) is 0 Å². The summed E-state index contributed by atoms with van der Waals surface area (Å²) in [6, 6.07) is 1.82. The number of halogens is 1. The first-order valence-electron chi connectivity index (χ1n) is 8.67. The molecular weight excluding hydrogens is 346 g/mol. The highest BCUT2D eigenvalue weighted by Gasteiger charge is 2.16. The van der Waals surface area contributed by atoms with E-state index < -0.39 is 0 Å². The van der Waals surface area contributed by atoms with E-state index in [9.17, 15) is 0 Å². The highest BCUT2D eigenvalue weighted by atomic mass is 35.5. The van der Waals surface area contributed by atoms with Crippen LogP contribution in [0.3, 0.4) is 0 Å². The van der Waals surface area contributed by atoms with Crippen molar-refractivity contribution in [3.05, 3.63) is 11.2 Å². The number of thiocarbonyl (C=S) groups is 1. The molecule has 8 heteroatoms. The Bertz CT molecular complexity index is 559. The lowest BCUT2D eigenvalue weighted by atomic mass is 10.2. The maximum atomic E-state index is 6.17. The van der Waals surface area contributed by atoms with Gasteiger partial charge in [-0.3, -0.25) is 0 Å². The fourth-order valence-corrected chi connectivity index (χ4v) is 3.43. The number of nitrogens with one attached hydrogen (secondary N) is 2. The third-order valence-electron chi connectivity index (χ3n) is 4.35. The van der Waals surface area contributed by atoms with Crippen LogP contribution in [0, 0.1) is 0 Å². The second-order valence-electron chi connectivity index (χ2n) is 6.24. The van der Waals surface area contributed by atoms with Crippen LogP contribution in [-0.2, 0) is 4.74 Å². The molecule has 1 aromatic heterocycles. The highest BCUT2D eigenvalue weighted by Crippen LogP contribution is 2.21. The Kier molecular flexibility index (Phi) is 6.45. The lowest BCUT2D eigenvalue weighted by Crippen LogP contribution is -2.35. The summed E-state index contributed by atoms with van der Waals surface area (Å²) in [6.07, 6.45) is 7.34. The molecule has 3 heterocycles. The SMILES string of the molecule is S=C(NC[C@H]1CCCO1)Nc1nc(Cl)cc(N2CCCCCC2)n1. The van der Waals surface area contributed by atoms with Gasteiger partial charge in [0.25, 0.3) is 0 Å². The Balaban J connectivity index is 1.59. The van der Waals surface area contributed by atoms with Crippen LogP contribution < -0.4 is 15.5 Å². The number of hydrogen-bond acceptors (Lipinski definition) is 5. The monoisotopic (exact) mass is 369 g/mol. The molecule has 6 nitrogen and oxygen atoms in total. The predicted molar refractivity (Wildman–Crippen MR) is 101 cm³/mol. The number of rotatable bonds is 4. The maximum absolute atomic E-state index is 6.17. The molecule has 0 unspecified atom stereocenters. The third-order valence-corrected chi connectivity index (χ3v) is 4.79. The maximum Gasteiger partial charge on any atom is 0.232 e. The first-order valence-corrected chi connectivity index (χ1v) is 9.45. The van der Waals surface area contributed by atoms with Gasteiger partial charge in [-0.15, -0.1) is 0 Å². The summed E-state index contributed by atoms with van der Waals surface area (Å²) in [5.41, 5.74) is 0. The number of hydrogen-bond donors (Lipinski definition) is 2. The molecule has 1 aromatic rings. The van der Waals surface area contributed by atoms with Crippen molar-refractivity contribution >= 4 is 40.7 Å². The first kappa shape index (κ1) is 17.6. The minimum atomic E-state index is 0.234. The van der Waals surface area contributed by atoms with E-state index in [1.165, 1.54) is 25.7 Å². The molecule has 0 aliphatic carbocycles. The van der Waals surface area contributed by atoms with E-state index in [1.54, 1.807) is 0 Å². The fourth-order valence-electron chi connectivity index (χ4n) is 3.08. The minimum absolute atomic E-state index is 0.234. The van der Waals surface area contributed by atoms with E-state index in [-0.39, 0.29) is 6.10 Å². The van der Waals surface area contributed by atoms with Gasteiger partial charge in [-0.05, 0) is 37.9 Å². The standard InChI is InChI=1S/C16H24ClN5OS/c17-13-10-14(22-7-3-1-2-4-8-22)20-15(19-13)21-16(24)18-11-12-6-5-9-23-12/h10,12H,1-9,11H2,(H2,18,19,20,21,24)/t12-/m1/s1. The molecule has 0 bridgehead atoms. The molecule has 0 spiro atoms. The summed E-state index contributed by atoms with van der Waals surface area (Å²) < 4.78 is 5.57. The van der Waals surface area contributed by atoms with Gasteiger partial charge in [0.1, 0.15) is 11.0 Å². The van der Waals surface area contributed by atoms with Gasteiger partial charge >= 0.3 is 0 Å². The lowest BCUT2D eigenvalue weighted by molar-refractivity contribution is 0.114. The minimum Gasteiger partial charge on any atom is -0.376 e. The van der Waals surface area contributed by atoms with Crippen LogP contribution in [0.2, 0.25) is 5.15 Å². The molecule has 132 valence electrons. The van der Waals surface area contributed by atoms with Crippen LogP contribution in [0.15, 0.2) is 6.07 Å². The molecule has 2 fully saturated rings. The molecular formula is C16H24ClN5OS. The average molecular weight is 370 g/mol. The number of nitrogens with zero attached hydrogens (tertiary/aromatic N) is 3. The molecule has 1 atom stereocenters. The zero-order chi connectivity index (χ0) is 16.8. The van der Waals surface area contributed by atoms with Gasteiger partial charge in [-0.2, -0.15) is 4.98 Å². The van der Waals surface area contributed by atoms with E-state index in [0.717, 1.165) is 38.4 Å². The summed E-state index contributed by atoms with van der Waals surface area (Å²) in [4.78, 5) is 11.1. The molecule has 2 aliphatic rings. The van der Waals surface area contributed by atoms with Gasteiger partial charge in [-0.1, -0.05) is 24.4 Å². The van der Waals surface area contributed by atoms with Crippen molar-refractivity contribution in [3.63, 3.8) is 0 Å². The zero-order valence-corrected chi connectivity index (χ0v) is 15.3. The molecule has 3 rings (SSSR count). The van der Waals surface area contributed by atoms with Crippen LogP contribution in [-0.4, -0.2) is 47.4 Å². The predicted octanol–water partition coefficient (Wildman–Crippen LogP) is 2.98. The Morgan fingerprint density at radius 2 is 2.04 bits per heavy atom. The molecule has 0 aromatic carbocycles. The van der Waals surface area contributed by atoms with Gasteiger partial charge < -0.3 is 20.3 Å². The van der Waals surface area contributed by atoms with Crippen molar-refractivity contribution in [2.75, 3.05) is 36.5 Å². The summed E-state index contributed by atoms with van der Waals surface area (Å²) >= 11 is 11.5. The second-order valence-corrected chi connectivity index (χ2v) is 7.04. The Morgan fingerprint density at radius 3 is 2.75 bits per heavy atom. The van der Waals surface area contributed by atoms with Crippen LogP contribution in [0.4, 0.5) is 11.8 Å². The molecule has 24 heavy (non-hydrogen) atoms. The van der Waals surface area contributed by atoms with Crippen LogP contribution in [0.25, 0.3) is 0 Å². The molecule has 2 saturated heterocycles. The third kappa shape index (κ3) is 5.16. The van der Waals surface area contributed by atoms with Crippen molar-refractivity contribution in [1.29, 1.82) is 0 Å². The molecule has 2 N–H and O–H groups in total. The number of anilines is 2. The van der Waals surface area contributed by atoms with E-state index >= 15 is 0 Å². The normalized spacial score (nSPS) is 21.4. The van der Waals surface area contributed by atoms with Crippen LogP contribution in [0.1, 0.15) is 38.5 Å². The van der Waals surface area contributed by atoms with Gasteiger partial charge in [0.2, 0.25) is 5.95 Å². The summed E-state index contributed by atoms with van der Waals surface area (Å²) in [5.74, 6) is 1.30. The lowest BCUT2D eigenvalue weighted by Gasteiger charge is -2.22.